The molecule has 24 N–H and O–H groups in total. The molecule has 0 unspecified atom stereocenters. The summed E-state index contributed by atoms with van der Waals surface area (Å²) in [6.45, 7) is 0. The first-order valence-electron chi connectivity index (χ1n) is 5.57. The van der Waals surface area contributed by atoms with Gasteiger partial charge in [-0.2, -0.15) is 0 Å². The fraction of sp³-hybridized carbons (Fsp3) is 0. The van der Waals surface area contributed by atoms with Gasteiger partial charge in [0.05, 0.1) is 12.4 Å². The predicted octanol–water partition coefficient (Wildman–Crippen LogP) is -8.04. The van der Waals surface area contributed by atoms with Crippen LogP contribution in [0.25, 0.3) is 0 Å². The van der Waals surface area contributed by atoms with Crippen molar-refractivity contribution in [1.29, 1.82) is 0 Å². The molecule has 0 aliphatic carbocycles. The number of anilines is 2. The number of aromatic amines is 2. The van der Waals surface area contributed by atoms with Gasteiger partial charge >= 0.3 is 16.5 Å². The minimum absolute atomic E-state index is 0. The zero-order chi connectivity index (χ0) is 19.2. The van der Waals surface area contributed by atoms with Crippen molar-refractivity contribution in [2.45, 2.75) is 0 Å². The van der Waals surface area contributed by atoms with Crippen LogP contribution in [0.4, 0.5) is 11.6 Å². The average Bonchev–Trinajstić information content (AvgIpc) is 2.37. The molecule has 0 aromatic carbocycles. The van der Waals surface area contributed by atoms with Crippen molar-refractivity contribution >= 4 is 32.4 Å². The van der Waals surface area contributed by atoms with E-state index in [-0.39, 0.29) is 49.3 Å². The number of hydrogen-bond donors (Lipinski definition) is 2. The Morgan fingerprint density at radius 3 is 0.839 bits per heavy atom. The van der Waals surface area contributed by atoms with E-state index in [0.717, 1.165) is 0 Å². The number of nitrogen functional groups attached to an aromatic ring is 2. The molecule has 18 nitrogen and oxygen atoms in total. The van der Waals surface area contributed by atoms with Crippen LogP contribution in [-0.2, 0) is 70.1 Å². The normalized spacial score (nSPS) is 7.61. The second-order valence-electron chi connectivity index (χ2n) is 3.45. The fourth-order valence-electron chi connectivity index (χ4n) is 0.814. The quantitative estimate of drug-likeness (QED) is 0.134. The van der Waals surface area contributed by atoms with Crippen LogP contribution in [0.3, 0.4) is 0 Å². The van der Waals surface area contributed by atoms with Crippen LogP contribution in [0, 0.1) is 0 Å². The maximum Gasteiger partial charge on any atom is 2.00 e. The third kappa shape index (κ3) is 96.9. The first kappa shape index (κ1) is 56.8. The molecule has 0 radical (unpaired) electrons. The minimum Gasteiger partial charge on any atom is -0.759 e. The molecule has 2 aromatic rings. The Balaban J connectivity index is -0.0000000280. The molecule has 21 heteroatoms. The summed E-state index contributed by atoms with van der Waals surface area (Å²) in [7, 11) is -10.3. The van der Waals surface area contributed by atoms with Crippen LogP contribution in [0.1, 0.15) is 0 Å². The number of pyridine rings is 2. The molecule has 0 aliphatic heterocycles. The summed E-state index contributed by atoms with van der Waals surface area (Å²) < 4.78 is 68.2. The van der Waals surface area contributed by atoms with Crippen molar-refractivity contribution in [2.75, 3.05) is 11.5 Å². The molecule has 0 fully saturated rings. The summed E-state index contributed by atoms with van der Waals surface area (Å²) in [5.41, 5.74) is 10.6. The molecular formula is C10H32N4NiO14S2+6. The molecule has 0 bridgehead atoms. The molecule has 2 aromatic heterocycles. The van der Waals surface area contributed by atoms with Gasteiger partial charge in [-0.25, -0.2) is 9.97 Å². The van der Waals surface area contributed by atoms with E-state index in [0.29, 0.717) is 11.6 Å². The molecule has 0 saturated carbocycles. The maximum atomic E-state index is 8.52. The number of nitrogens with one attached hydrogen (secondary N) is 2. The molecule has 0 amide bonds. The number of hydrogen-bond acceptors (Lipinski definition) is 10. The topological polar surface area (TPSA) is 439 Å². The molecule has 0 saturated heterocycles. The molecule has 2 heterocycles. The van der Waals surface area contributed by atoms with Crippen molar-refractivity contribution in [3.8, 4) is 0 Å². The molecule has 2 rings (SSSR count). The van der Waals surface area contributed by atoms with Crippen molar-refractivity contribution in [2.24, 2.45) is 0 Å². The van der Waals surface area contributed by atoms with E-state index in [1.807, 2.05) is 24.3 Å². The Morgan fingerprint density at radius 1 is 0.581 bits per heavy atom. The molecule has 0 aliphatic rings. The molecular weight excluding hydrogens is 523 g/mol. The van der Waals surface area contributed by atoms with Gasteiger partial charge in [0.25, 0.3) is 11.6 Å². The second kappa shape index (κ2) is 30.1. The van der Waals surface area contributed by atoms with Crippen LogP contribution in [-0.4, -0.2) is 35.0 Å². The van der Waals surface area contributed by atoms with Crippen LogP contribution >= 0.6 is 0 Å². The van der Waals surface area contributed by atoms with E-state index in [9.17, 15) is 0 Å². The smallest absolute Gasteiger partial charge is 0.759 e. The maximum absolute atomic E-state index is 8.52. The van der Waals surface area contributed by atoms with Gasteiger partial charge in [0.15, 0.2) is 0 Å². The van der Waals surface area contributed by atoms with Gasteiger partial charge < -0.3 is 51.1 Å². The van der Waals surface area contributed by atoms with Gasteiger partial charge in [0.2, 0.25) is 0 Å². The third-order valence-electron chi connectivity index (χ3n) is 1.47. The zero-order valence-corrected chi connectivity index (χ0v) is 18.3. The number of rotatable bonds is 0. The zero-order valence-electron chi connectivity index (χ0n) is 15.6. The van der Waals surface area contributed by atoms with E-state index in [1.54, 1.807) is 24.5 Å². The monoisotopic (exact) mass is 554 g/mol. The number of aromatic nitrogens is 2. The average molecular weight is 555 g/mol. The van der Waals surface area contributed by atoms with Crippen molar-refractivity contribution in [3.63, 3.8) is 0 Å². The summed E-state index contributed by atoms with van der Waals surface area (Å²) in [4.78, 5) is 5.62. The van der Waals surface area contributed by atoms with Gasteiger partial charge in [-0.1, -0.05) is 12.1 Å². The Hall–Kier alpha value is -2.11. The van der Waals surface area contributed by atoms with Gasteiger partial charge in [0, 0.05) is 32.9 Å². The minimum atomic E-state index is -5.17. The summed E-state index contributed by atoms with van der Waals surface area (Å²) in [5, 5.41) is 0. The molecule has 0 atom stereocenters. The third-order valence-corrected chi connectivity index (χ3v) is 1.47. The summed E-state index contributed by atoms with van der Waals surface area (Å²) in [6, 6.07) is 11.1. The first-order chi connectivity index (χ1) is 10.8. The van der Waals surface area contributed by atoms with E-state index < -0.39 is 20.8 Å². The van der Waals surface area contributed by atoms with Crippen LogP contribution in [0.15, 0.2) is 48.8 Å². The van der Waals surface area contributed by atoms with Gasteiger partial charge in [-0.15, -0.1) is 0 Å². The van der Waals surface area contributed by atoms with Crippen LogP contribution in [0.5, 0.6) is 0 Å². The van der Waals surface area contributed by atoms with Crippen molar-refractivity contribution in [3.05, 3.63) is 48.8 Å². The van der Waals surface area contributed by atoms with E-state index >= 15 is 0 Å². The summed E-state index contributed by atoms with van der Waals surface area (Å²) in [5.74, 6) is 1.39. The number of nitrogens with two attached hydrogens (primary N) is 2. The van der Waals surface area contributed by atoms with E-state index in [4.69, 9.17) is 46.5 Å². The largest absolute Gasteiger partial charge is 2.00 e. The second-order valence-corrected chi connectivity index (χ2v) is 5.09. The van der Waals surface area contributed by atoms with Gasteiger partial charge in [-0.3, -0.25) is 28.3 Å². The standard InChI is InChI=1S/2C5H6N2.Ni.2H2O4S.6H2O/c2*6-5-3-1-2-4-7-5;;2*1-5(2,3)4;;;;;;/h2*1-4H,(H2,6,7);;2*(H2,1,2,3,4);6*1H2/q;;+2;;;;;;;;/p+4. The first-order valence-corrected chi connectivity index (χ1v) is 8.23. The Bertz CT molecular complexity index is 685. The van der Waals surface area contributed by atoms with E-state index in [1.165, 1.54) is 0 Å². The predicted molar refractivity (Wildman–Crippen MR) is 105 cm³/mol. The van der Waals surface area contributed by atoms with Crippen molar-refractivity contribution < 1.29 is 94.4 Å². The van der Waals surface area contributed by atoms with Crippen molar-refractivity contribution in [1.82, 2.24) is 0 Å². The SMILES string of the molecule is Nc1cccc[nH+]1.Nc1cccc[nH+]1.O=S(=O)([O-])[O-].O=S(=O)([O-])[O-].[Ni+2].[OH3+].[OH3+].[OH3+].[OH3+].[OH3+].[OH3+]. The van der Waals surface area contributed by atoms with Gasteiger partial charge in [-0.05, 0) is 12.1 Å². The summed E-state index contributed by atoms with van der Waals surface area (Å²) in [6.07, 6.45) is 3.57. The fourth-order valence-corrected chi connectivity index (χ4v) is 0.814. The van der Waals surface area contributed by atoms with Crippen LogP contribution < -0.4 is 21.4 Å². The number of H-pyrrole nitrogens is 2. The van der Waals surface area contributed by atoms with Gasteiger partial charge in [0.1, 0.15) is 0 Å². The molecule has 31 heavy (non-hydrogen) atoms. The van der Waals surface area contributed by atoms with E-state index in [2.05, 4.69) is 9.97 Å². The molecule has 192 valence electrons. The Kier molecular flexibility index (Phi) is 55.1. The summed E-state index contributed by atoms with van der Waals surface area (Å²) >= 11 is 0. The Labute approximate surface area is 187 Å². The Morgan fingerprint density at radius 2 is 0.774 bits per heavy atom. The molecule has 0 spiro atoms. The van der Waals surface area contributed by atoms with Crippen LogP contribution in [0.2, 0.25) is 0 Å².